The molecule has 3 heterocycles. The van der Waals surface area contributed by atoms with E-state index in [0.717, 1.165) is 11.0 Å². The highest BCUT2D eigenvalue weighted by Gasteiger charge is 2.20. The van der Waals surface area contributed by atoms with Crippen LogP contribution in [0.15, 0.2) is 18.5 Å². The van der Waals surface area contributed by atoms with Crippen molar-refractivity contribution in [3.8, 4) is 0 Å². The van der Waals surface area contributed by atoms with Crippen LogP contribution in [0.25, 0.3) is 11.0 Å². The number of rotatable bonds is 2. The van der Waals surface area contributed by atoms with Gasteiger partial charge in [0.05, 0.1) is 11.4 Å². The van der Waals surface area contributed by atoms with E-state index in [-0.39, 0.29) is 6.04 Å². The number of nitrogens with zero attached hydrogens (tertiary/aromatic N) is 3. The maximum absolute atomic E-state index is 6.02. The Kier molecular flexibility index (Phi) is 3.01. The number of aryl methyl sites for hydroxylation is 2. The molecular weight excluding hydrogens is 268 g/mol. The van der Waals surface area contributed by atoms with Crippen molar-refractivity contribution in [1.82, 2.24) is 14.5 Å². The van der Waals surface area contributed by atoms with Gasteiger partial charge in [0.25, 0.3) is 0 Å². The maximum atomic E-state index is 6.02. The van der Waals surface area contributed by atoms with Gasteiger partial charge < -0.3 is 10.3 Å². The van der Waals surface area contributed by atoms with Crippen LogP contribution < -0.4 is 5.73 Å². The van der Waals surface area contributed by atoms with Gasteiger partial charge in [0.2, 0.25) is 0 Å². The Bertz CT molecular complexity index is 785. The van der Waals surface area contributed by atoms with Crippen LogP contribution in [-0.4, -0.2) is 14.5 Å². The molecule has 0 fully saturated rings. The van der Waals surface area contributed by atoms with Gasteiger partial charge in [-0.3, -0.25) is 0 Å². The smallest absolute Gasteiger partial charge is 0.146 e. The average Bonchev–Trinajstić information content (AvgIpc) is 2.94. The van der Waals surface area contributed by atoms with Crippen LogP contribution in [0.1, 0.15) is 34.0 Å². The SMILES string of the molecule is Cc1ccc(C(C)n2c(C)c(C)c3c(N)ncnc32)s1. The van der Waals surface area contributed by atoms with Crippen molar-refractivity contribution in [3.05, 3.63) is 39.5 Å². The second kappa shape index (κ2) is 4.59. The normalized spacial score (nSPS) is 13.0. The van der Waals surface area contributed by atoms with Gasteiger partial charge in [-0.1, -0.05) is 0 Å². The van der Waals surface area contributed by atoms with Gasteiger partial charge in [-0.2, -0.15) is 0 Å². The molecule has 0 saturated carbocycles. The first kappa shape index (κ1) is 13.1. The first-order valence-electron chi connectivity index (χ1n) is 6.64. The Morgan fingerprint density at radius 3 is 2.60 bits per heavy atom. The van der Waals surface area contributed by atoms with Crippen molar-refractivity contribution in [2.45, 2.75) is 33.7 Å². The first-order chi connectivity index (χ1) is 9.50. The molecule has 3 aromatic rings. The van der Waals surface area contributed by atoms with E-state index < -0.39 is 0 Å². The minimum atomic E-state index is 0.249. The number of hydrogen-bond donors (Lipinski definition) is 1. The highest BCUT2D eigenvalue weighted by molar-refractivity contribution is 7.12. The third-order valence-electron chi connectivity index (χ3n) is 3.92. The van der Waals surface area contributed by atoms with Gasteiger partial charge in [0.15, 0.2) is 0 Å². The van der Waals surface area contributed by atoms with Crippen molar-refractivity contribution in [2.75, 3.05) is 5.73 Å². The third kappa shape index (κ3) is 1.81. The lowest BCUT2D eigenvalue weighted by Crippen LogP contribution is -2.08. The predicted octanol–water partition coefficient (Wildman–Crippen LogP) is 3.61. The quantitative estimate of drug-likeness (QED) is 0.783. The van der Waals surface area contributed by atoms with Gasteiger partial charge in [0.1, 0.15) is 17.8 Å². The fourth-order valence-corrected chi connectivity index (χ4v) is 3.65. The second-order valence-electron chi connectivity index (χ2n) is 5.16. The van der Waals surface area contributed by atoms with E-state index in [1.54, 1.807) is 6.33 Å². The molecule has 0 bridgehead atoms. The summed E-state index contributed by atoms with van der Waals surface area (Å²) in [5.74, 6) is 0.559. The molecule has 0 amide bonds. The molecule has 3 rings (SSSR count). The monoisotopic (exact) mass is 286 g/mol. The van der Waals surface area contributed by atoms with Crippen molar-refractivity contribution in [1.29, 1.82) is 0 Å². The van der Waals surface area contributed by atoms with E-state index in [0.29, 0.717) is 5.82 Å². The number of nitrogen functional groups attached to an aromatic ring is 1. The largest absolute Gasteiger partial charge is 0.383 e. The van der Waals surface area contributed by atoms with E-state index in [9.17, 15) is 0 Å². The topological polar surface area (TPSA) is 56.7 Å². The van der Waals surface area contributed by atoms with Crippen LogP contribution in [0.3, 0.4) is 0 Å². The van der Waals surface area contributed by atoms with Crippen molar-refractivity contribution >= 4 is 28.2 Å². The second-order valence-corrected chi connectivity index (χ2v) is 6.48. The van der Waals surface area contributed by atoms with Crippen LogP contribution in [0.2, 0.25) is 0 Å². The molecule has 2 N–H and O–H groups in total. The van der Waals surface area contributed by atoms with Crippen molar-refractivity contribution in [2.24, 2.45) is 0 Å². The zero-order chi connectivity index (χ0) is 14.4. The fraction of sp³-hybridized carbons (Fsp3) is 0.333. The summed E-state index contributed by atoms with van der Waals surface area (Å²) in [5.41, 5.74) is 9.31. The number of nitrogens with two attached hydrogens (primary N) is 1. The Morgan fingerprint density at radius 2 is 1.95 bits per heavy atom. The zero-order valence-corrected chi connectivity index (χ0v) is 13.0. The lowest BCUT2D eigenvalue weighted by atomic mass is 10.2. The molecule has 0 spiro atoms. The molecule has 20 heavy (non-hydrogen) atoms. The minimum absolute atomic E-state index is 0.249. The summed E-state index contributed by atoms with van der Waals surface area (Å²) in [5, 5.41) is 0.977. The Balaban J connectivity index is 2.26. The number of hydrogen-bond acceptors (Lipinski definition) is 4. The highest BCUT2D eigenvalue weighted by atomic mass is 32.1. The molecule has 0 aliphatic carbocycles. The van der Waals surface area contributed by atoms with E-state index in [1.165, 1.54) is 21.0 Å². The molecule has 0 aromatic carbocycles. The van der Waals surface area contributed by atoms with Crippen LogP contribution in [-0.2, 0) is 0 Å². The van der Waals surface area contributed by atoms with Gasteiger partial charge in [-0.15, -0.1) is 11.3 Å². The third-order valence-corrected chi connectivity index (χ3v) is 5.09. The molecule has 1 atom stereocenters. The molecule has 4 nitrogen and oxygen atoms in total. The standard InChI is InChI=1S/C15H18N4S/c1-8-5-6-12(20-8)11(4)19-10(3)9(2)13-14(16)17-7-18-15(13)19/h5-7,11H,1-4H3,(H2,16,17,18). The lowest BCUT2D eigenvalue weighted by molar-refractivity contribution is 0.650. The molecular formula is C15H18N4S. The van der Waals surface area contributed by atoms with Gasteiger partial charge in [-0.05, 0) is 45.4 Å². The Morgan fingerprint density at radius 1 is 1.20 bits per heavy atom. The summed E-state index contributed by atoms with van der Waals surface area (Å²) < 4.78 is 2.26. The molecule has 104 valence electrons. The molecule has 0 saturated heterocycles. The molecule has 0 aliphatic heterocycles. The Labute approximate surface area is 122 Å². The van der Waals surface area contributed by atoms with E-state index in [1.807, 2.05) is 11.3 Å². The lowest BCUT2D eigenvalue weighted by Gasteiger charge is -2.15. The number of fused-ring (bicyclic) bond motifs is 1. The van der Waals surface area contributed by atoms with E-state index in [2.05, 4.69) is 54.4 Å². The highest BCUT2D eigenvalue weighted by Crippen LogP contribution is 2.34. The summed E-state index contributed by atoms with van der Waals surface area (Å²) in [6.45, 7) is 8.54. The average molecular weight is 286 g/mol. The van der Waals surface area contributed by atoms with Crippen LogP contribution in [0.4, 0.5) is 5.82 Å². The van der Waals surface area contributed by atoms with Crippen molar-refractivity contribution < 1.29 is 0 Å². The summed E-state index contributed by atoms with van der Waals surface area (Å²) in [6, 6.07) is 4.60. The van der Waals surface area contributed by atoms with Gasteiger partial charge in [-0.25, -0.2) is 9.97 Å². The van der Waals surface area contributed by atoms with Crippen LogP contribution in [0, 0.1) is 20.8 Å². The maximum Gasteiger partial charge on any atom is 0.146 e. The molecule has 0 aliphatic rings. The summed E-state index contributed by atoms with van der Waals surface area (Å²) >= 11 is 1.83. The van der Waals surface area contributed by atoms with E-state index in [4.69, 9.17) is 5.73 Å². The summed E-state index contributed by atoms with van der Waals surface area (Å²) in [4.78, 5) is 11.2. The van der Waals surface area contributed by atoms with Crippen molar-refractivity contribution in [3.63, 3.8) is 0 Å². The minimum Gasteiger partial charge on any atom is -0.383 e. The van der Waals surface area contributed by atoms with Crippen LogP contribution >= 0.6 is 11.3 Å². The predicted molar refractivity (Wildman–Crippen MR) is 84.3 cm³/mol. The van der Waals surface area contributed by atoms with Crippen LogP contribution in [0.5, 0.6) is 0 Å². The van der Waals surface area contributed by atoms with E-state index >= 15 is 0 Å². The Hall–Kier alpha value is -1.88. The number of thiophene rings is 1. The molecule has 0 radical (unpaired) electrons. The number of anilines is 1. The zero-order valence-electron chi connectivity index (χ0n) is 12.1. The summed E-state index contributed by atoms with van der Waals surface area (Å²) in [6.07, 6.45) is 1.54. The molecule has 1 unspecified atom stereocenters. The molecule has 5 heteroatoms. The van der Waals surface area contributed by atoms with Gasteiger partial charge >= 0.3 is 0 Å². The molecule has 3 aromatic heterocycles. The summed E-state index contributed by atoms with van der Waals surface area (Å²) in [7, 11) is 0. The van der Waals surface area contributed by atoms with Gasteiger partial charge in [0, 0.05) is 15.4 Å². The first-order valence-corrected chi connectivity index (χ1v) is 7.46. The number of aromatic nitrogens is 3. The fourth-order valence-electron chi connectivity index (χ4n) is 2.73.